The summed E-state index contributed by atoms with van der Waals surface area (Å²) in [4.78, 5) is 34.6. The Kier molecular flexibility index (Phi) is 5.91. The van der Waals surface area contributed by atoms with Gasteiger partial charge in [-0.05, 0) is 19.1 Å². The summed E-state index contributed by atoms with van der Waals surface area (Å²) in [6.07, 6.45) is -1.35. The summed E-state index contributed by atoms with van der Waals surface area (Å²) in [5.74, 6) is -2.80. The van der Waals surface area contributed by atoms with E-state index in [-0.39, 0.29) is 22.8 Å². The summed E-state index contributed by atoms with van der Waals surface area (Å²) in [6.45, 7) is 1.24. The summed E-state index contributed by atoms with van der Waals surface area (Å²) in [5.41, 5.74) is 4.69. The molecule has 27 heavy (non-hydrogen) atoms. The van der Waals surface area contributed by atoms with Gasteiger partial charge in [-0.25, -0.2) is 9.18 Å². The van der Waals surface area contributed by atoms with E-state index in [1.54, 1.807) is 0 Å². The molecule has 0 aromatic heterocycles. The van der Waals surface area contributed by atoms with Crippen LogP contribution in [-0.4, -0.2) is 30.0 Å². The molecule has 0 aliphatic heterocycles. The van der Waals surface area contributed by atoms with E-state index in [4.69, 9.17) is 15.2 Å². The van der Waals surface area contributed by atoms with Crippen LogP contribution in [0.5, 0.6) is 5.75 Å². The molecule has 1 amide bonds. The number of nitro benzene ring substituents is 1. The van der Waals surface area contributed by atoms with E-state index >= 15 is 0 Å². The van der Waals surface area contributed by atoms with Gasteiger partial charge < -0.3 is 20.5 Å². The van der Waals surface area contributed by atoms with E-state index in [2.05, 4.69) is 5.32 Å². The molecule has 0 unspecified atom stereocenters. The maximum absolute atomic E-state index is 13.9. The van der Waals surface area contributed by atoms with E-state index in [1.165, 1.54) is 38.3 Å². The average Bonchev–Trinajstić information content (AvgIpc) is 2.61. The van der Waals surface area contributed by atoms with Crippen molar-refractivity contribution in [2.75, 3.05) is 18.2 Å². The van der Waals surface area contributed by atoms with Crippen molar-refractivity contribution in [3.05, 3.63) is 57.9 Å². The molecule has 0 fully saturated rings. The molecule has 0 bridgehead atoms. The van der Waals surface area contributed by atoms with E-state index in [0.29, 0.717) is 0 Å². The third kappa shape index (κ3) is 4.48. The highest BCUT2D eigenvalue weighted by atomic mass is 19.1. The molecule has 0 radical (unpaired) electrons. The Morgan fingerprint density at radius 2 is 1.96 bits per heavy atom. The van der Waals surface area contributed by atoms with Gasteiger partial charge in [0.05, 0.1) is 23.3 Å². The topological polar surface area (TPSA) is 134 Å². The molecule has 0 saturated carbocycles. The minimum absolute atomic E-state index is 0.00581. The second kappa shape index (κ2) is 8.13. The maximum atomic E-state index is 13.9. The highest BCUT2D eigenvalue weighted by Crippen LogP contribution is 2.26. The van der Waals surface area contributed by atoms with Gasteiger partial charge in [-0.1, -0.05) is 12.1 Å². The fraction of sp³-hybridized carbons (Fsp3) is 0.176. The van der Waals surface area contributed by atoms with Crippen LogP contribution in [-0.2, 0) is 9.53 Å². The second-order valence-corrected chi connectivity index (χ2v) is 5.39. The molecule has 0 aliphatic carbocycles. The number of ether oxygens (including phenoxy) is 2. The van der Waals surface area contributed by atoms with Crippen LogP contribution in [0.2, 0.25) is 0 Å². The Morgan fingerprint density at radius 1 is 1.30 bits per heavy atom. The fourth-order valence-electron chi connectivity index (χ4n) is 2.15. The molecule has 10 heteroatoms. The molecule has 0 heterocycles. The smallest absolute Gasteiger partial charge is 0.342 e. The minimum Gasteiger partial charge on any atom is -0.495 e. The number of halogens is 1. The van der Waals surface area contributed by atoms with Gasteiger partial charge in [-0.3, -0.25) is 14.9 Å². The number of hydrogen-bond acceptors (Lipinski definition) is 7. The number of rotatable bonds is 6. The summed E-state index contributed by atoms with van der Waals surface area (Å²) in [5, 5.41) is 13.3. The van der Waals surface area contributed by atoms with Crippen LogP contribution < -0.4 is 15.8 Å². The zero-order chi connectivity index (χ0) is 20.1. The van der Waals surface area contributed by atoms with Crippen molar-refractivity contribution in [3.63, 3.8) is 0 Å². The fourth-order valence-corrected chi connectivity index (χ4v) is 2.15. The lowest BCUT2D eigenvalue weighted by Gasteiger charge is -2.14. The van der Waals surface area contributed by atoms with Crippen LogP contribution in [0, 0.1) is 15.9 Å². The van der Waals surface area contributed by atoms with Crippen molar-refractivity contribution in [3.8, 4) is 5.75 Å². The zero-order valence-corrected chi connectivity index (χ0v) is 14.4. The summed E-state index contributed by atoms with van der Waals surface area (Å²) in [6, 6.07) is 7.42. The summed E-state index contributed by atoms with van der Waals surface area (Å²) >= 11 is 0. The molecule has 9 nitrogen and oxygen atoms in total. The summed E-state index contributed by atoms with van der Waals surface area (Å²) < 4.78 is 23.8. The van der Waals surface area contributed by atoms with E-state index in [9.17, 15) is 24.1 Å². The first-order chi connectivity index (χ1) is 12.7. The van der Waals surface area contributed by atoms with Crippen LogP contribution in [0.1, 0.15) is 17.3 Å². The number of amides is 1. The van der Waals surface area contributed by atoms with Gasteiger partial charge in [0.25, 0.3) is 11.6 Å². The molecule has 2 aromatic rings. The lowest BCUT2D eigenvalue weighted by molar-refractivity contribution is -0.383. The standard InChI is InChI=1S/C17H16FN3O6/c1-9(16(22)20-13-5-3-4-6-14(13)21(24)25)27-17(23)10-7-15(26-2)12(19)8-11(10)18/h3-9H,19H2,1-2H3,(H,20,22)/t9-/m1/s1. The minimum atomic E-state index is -1.35. The van der Waals surface area contributed by atoms with Gasteiger partial charge >= 0.3 is 5.97 Å². The van der Waals surface area contributed by atoms with Crippen LogP contribution in [0.25, 0.3) is 0 Å². The number of nitro groups is 1. The molecule has 3 N–H and O–H groups in total. The average molecular weight is 377 g/mol. The molecule has 2 rings (SSSR count). The van der Waals surface area contributed by atoms with Crippen LogP contribution in [0.4, 0.5) is 21.5 Å². The van der Waals surface area contributed by atoms with E-state index in [1.807, 2.05) is 0 Å². The number of methoxy groups -OCH3 is 1. The largest absolute Gasteiger partial charge is 0.495 e. The van der Waals surface area contributed by atoms with Crippen LogP contribution >= 0.6 is 0 Å². The van der Waals surface area contributed by atoms with Crippen LogP contribution in [0.15, 0.2) is 36.4 Å². The number of hydrogen-bond donors (Lipinski definition) is 2. The van der Waals surface area contributed by atoms with Crippen molar-refractivity contribution in [1.82, 2.24) is 0 Å². The molecule has 142 valence electrons. The first-order valence-corrected chi connectivity index (χ1v) is 7.62. The number of para-hydroxylation sites is 2. The summed E-state index contributed by atoms with van der Waals surface area (Å²) in [7, 11) is 1.29. The number of esters is 1. The normalized spacial score (nSPS) is 11.4. The first kappa shape index (κ1) is 19.6. The third-order valence-corrected chi connectivity index (χ3v) is 3.55. The van der Waals surface area contributed by atoms with Crippen molar-refractivity contribution in [2.24, 2.45) is 0 Å². The number of benzene rings is 2. The number of nitrogens with one attached hydrogen (secondary N) is 1. The first-order valence-electron chi connectivity index (χ1n) is 7.62. The molecule has 2 aromatic carbocycles. The van der Waals surface area contributed by atoms with Crippen molar-refractivity contribution in [2.45, 2.75) is 13.0 Å². The Balaban J connectivity index is 2.13. The predicted molar refractivity (Wildman–Crippen MR) is 94.0 cm³/mol. The molecular formula is C17H16FN3O6. The van der Waals surface area contributed by atoms with E-state index < -0.39 is 34.3 Å². The Hall–Kier alpha value is -3.69. The second-order valence-electron chi connectivity index (χ2n) is 5.39. The predicted octanol–water partition coefficient (Wildman–Crippen LogP) is 2.51. The van der Waals surface area contributed by atoms with E-state index in [0.717, 1.165) is 12.1 Å². The highest BCUT2D eigenvalue weighted by molar-refractivity contribution is 5.99. The number of nitrogens with zero attached hydrogens (tertiary/aromatic N) is 1. The van der Waals surface area contributed by atoms with Gasteiger partial charge in [-0.2, -0.15) is 0 Å². The van der Waals surface area contributed by atoms with Gasteiger partial charge in [0, 0.05) is 12.1 Å². The molecule has 1 atom stereocenters. The monoisotopic (exact) mass is 377 g/mol. The quantitative estimate of drug-likeness (QED) is 0.342. The number of nitrogen functional groups attached to an aromatic ring is 1. The van der Waals surface area contributed by atoms with Gasteiger partial charge in [-0.15, -0.1) is 0 Å². The molecule has 0 saturated heterocycles. The highest BCUT2D eigenvalue weighted by Gasteiger charge is 2.24. The Labute approximate surface area is 153 Å². The van der Waals surface area contributed by atoms with Gasteiger partial charge in [0.1, 0.15) is 17.3 Å². The van der Waals surface area contributed by atoms with Crippen molar-refractivity contribution in [1.29, 1.82) is 0 Å². The Morgan fingerprint density at radius 3 is 2.59 bits per heavy atom. The number of carbonyl (C=O) groups is 2. The third-order valence-electron chi connectivity index (χ3n) is 3.55. The van der Waals surface area contributed by atoms with Crippen molar-refractivity contribution < 1.29 is 28.4 Å². The maximum Gasteiger partial charge on any atom is 0.342 e. The molecular weight excluding hydrogens is 361 g/mol. The van der Waals surface area contributed by atoms with Gasteiger partial charge in [0.2, 0.25) is 0 Å². The lowest BCUT2D eigenvalue weighted by atomic mass is 10.1. The van der Waals surface area contributed by atoms with Crippen molar-refractivity contribution >= 4 is 28.9 Å². The molecule has 0 aliphatic rings. The number of anilines is 2. The molecule has 0 spiro atoms. The number of nitrogens with two attached hydrogens (primary N) is 1. The zero-order valence-electron chi connectivity index (χ0n) is 14.4. The van der Waals surface area contributed by atoms with Crippen LogP contribution in [0.3, 0.4) is 0 Å². The Bertz CT molecular complexity index is 902. The van der Waals surface area contributed by atoms with Gasteiger partial charge in [0.15, 0.2) is 6.10 Å². The number of carbonyl (C=O) groups excluding carboxylic acids is 2. The lowest BCUT2D eigenvalue weighted by Crippen LogP contribution is -2.30. The SMILES string of the molecule is COc1cc(C(=O)O[C@H](C)C(=O)Nc2ccccc2[N+](=O)[O-])c(F)cc1N.